The predicted molar refractivity (Wildman–Crippen MR) is 125 cm³/mol. The van der Waals surface area contributed by atoms with Crippen molar-refractivity contribution in [2.75, 3.05) is 32.7 Å². The predicted octanol–water partition coefficient (Wildman–Crippen LogP) is 2.77. The number of hydrogen-bond donors (Lipinski definition) is 1. The van der Waals surface area contributed by atoms with Gasteiger partial charge in [0.15, 0.2) is 0 Å². The van der Waals surface area contributed by atoms with Gasteiger partial charge in [0.25, 0.3) is 0 Å². The molecule has 196 valence electrons. The summed E-state index contributed by atoms with van der Waals surface area (Å²) in [5, 5.41) is 2.02. The van der Waals surface area contributed by atoms with Crippen molar-refractivity contribution in [2.45, 2.75) is 82.0 Å². The number of carbonyl (C=O) groups is 3. The topological polar surface area (TPSA) is 119 Å². The van der Waals surface area contributed by atoms with Gasteiger partial charge in [-0.15, -0.1) is 11.6 Å². The third-order valence-electron chi connectivity index (χ3n) is 7.33. The van der Waals surface area contributed by atoms with Crippen LogP contribution in [0.25, 0.3) is 0 Å². The first-order valence-electron chi connectivity index (χ1n) is 12.2. The number of nitrogens with zero attached hydrogens (tertiary/aromatic N) is 1. The Kier molecular flexibility index (Phi) is 8.25. The molecule has 1 saturated carbocycles. The lowest BCUT2D eigenvalue weighted by Crippen LogP contribution is -2.53. The first kappa shape index (κ1) is 26.2. The first-order valence-corrected chi connectivity index (χ1v) is 12.8. The molecule has 10 nitrogen and oxygen atoms in total. The summed E-state index contributed by atoms with van der Waals surface area (Å²) in [6.45, 7) is 5.29. The molecule has 4 fully saturated rings. The van der Waals surface area contributed by atoms with E-state index < -0.39 is 24.2 Å². The van der Waals surface area contributed by atoms with Gasteiger partial charge in [-0.25, -0.2) is 9.59 Å². The number of hydrogen-bond acceptors (Lipinski definition) is 8. The Morgan fingerprint density at radius 1 is 1.26 bits per heavy atom. The minimum atomic E-state index is -0.882. The van der Waals surface area contributed by atoms with E-state index in [0.29, 0.717) is 26.0 Å². The van der Waals surface area contributed by atoms with Crippen LogP contribution in [0.5, 0.6) is 0 Å². The van der Waals surface area contributed by atoms with Crippen LogP contribution in [0.1, 0.15) is 46.0 Å². The Balaban J connectivity index is 1.34. The Morgan fingerprint density at radius 2 is 2.03 bits per heavy atom. The second-order valence-electron chi connectivity index (χ2n) is 9.97. The van der Waals surface area contributed by atoms with Gasteiger partial charge >= 0.3 is 12.2 Å². The van der Waals surface area contributed by atoms with E-state index in [-0.39, 0.29) is 48.4 Å². The molecule has 0 radical (unpaired) electrons. The van der Waals surface area contributed by atoms with Crippen molar-refractivity contribution >= 4 is 29.7 Å². The van der Waals surface area contributed by atoms with Gasteiger partial charge in [-0.3, -0.25) is 10.1 Å². The number of alkyl halides is 1. The molecule has 7 atom stereocenters. The normalized spacial score (nSPS) is 35.4. The van der Waals surface area contributed by atoms with Gasteiger partial charge in [-0.05, 0) is 46.0 Å². The molecule has 0 aromatic rings. The lowest BCUT2D eigenvalue weighted by molar-refractivity contribution is -0.118. The molecular formula is C24H35ClN2O8. The van der Waals surface area contributed by atoms with Gasteiger partial charge in [-0.2, -0.15) is 0 Å². The van der Waals surface area contributed by atoms with Crippen LogP contribution in [0.3, 0.4) is 0 Å². The van der Waals surface area contributed by atoms with Gasteiger partial charge in [0.1, 0.15) is 24.7 Å². The molecule has 3 amide bonds. The molecule has 35 heavy (non-hydrogen) atoms. The quantitative estimate of drug-likeness (QED) is 0.298. The number of amides is 3. The Hall–Kier alpha value is -1.88. The highest BCUT2D eigenvalue weighted by molar-refractivity contribution is 6.28. The van der Waals surface area contributed by atoms with Crippen molar-refractivity contribution in [1.29, 1.82) is 0 Å². The highest BCUT2D eigenvalue weighted by Gasteiger charge is 2.66. The summed E-state index contributed by atoms with van der Waals surface area (Å²) < 4.78 is 28.9. The molecule has 0 bridgehead atoms. The summed E-state index contributed by atoms with van der Waals surface area (Å²) in [7, 11) is 1.64. The standard InChI is InChI=1S/C24H35ClN2O8/c1-14(2)6-7-16-21(34-16)19-20(31-3)17(8-9-24(19)13-33-24)35-23(30)27-10-4-5-15(27)12-32-22(29)26-18(28)11-25/h6,15-17,19-21H,4-5,7-13H2,1-3H3,(H,26,28,29)/t15-,16?,17?,19?,20?,21?,24?/m0/s1. The molecule has 4 rings (SSSR count). The zero-order chi connectivity index (χ0) is 25.2. The van der Waals surface area contributed by atoms with Gasteiger partial charge in [0.2, 0.25) is 5.91 Å². The number of halogens is 1. The Morgan fingerprint density at radius 3 is 2.69 bits per heavy atom. The summed E-state index contributed by atoms with van der Waals surface area (Å²) in [6, 6.07) is -0.321. The fourth-order valence-electron chi connectivity index (χ4n) is 5.40. The number of alkyl carbamates (subject to hydrolysis) is 1. The smallest absolute Gasteiger partial charge is 0.413 e. The molecule has 1 N–H and O–H groups in total. The lowest BCUT2D eigenvalue weighted by Gasteiger charge is -2.40. The molecule has 0 aromatic carbocycles. The van der Waals surface area contributed by atoms with Crippen molar-refractivity contribution in [1.82, 2.24) is 10.2 Å². The number of rotatable bonds is 8. The number of imide groups is 1. The van der Waals surface area contributed by atoms with Crippen molar-refractivity contribution in [3.05, 3.63) is 11.6 Å². The van der Waals surface area contributed by atoms with Crippen LogP contribution in [-0.2, 0) is 28.5 Å². The van der Waals surface area contributed by atoms with E-state index in [1.165, 1.54) is 5.57 Å². The van der Waals surface area contributed by atoms with E-state index in [2.05, 4.69) is 19.9 Å². The van der Waals surface area contributed by atoms with Crippen molar-refractivity contribution < 1.29 is 38.1 Å². The largest absolute Gasteiger partial charge is 0.447 e. The second kappa shape index (κ2) is 11.0. The van der Waals surface area contributed by atoms with Crippen LogP contribution in [0, 0.1) is 5.92 Å². The van der Waals surface area contributed by atoms with Gasteiger partial charge in [0, 0.05) is 19.6 Å². The van der Waals surface area contributed by atoms with Crippen LogP contribution in [0.2, 0.25) is 0 Å². The van der Waals surface area contributed by atoms with E-state index in [1.807, 2.05) is 5.32 Å². The highest BCUT2D eigenvalue weighted by Crippen LogP contribution is 2.54. The summed E-state index contributed by atoms with van der Waals surface area (Å²) in [6.07, 6.45) is 3.94. The monoisotopic (exact) mass is 514 g/mol. The second-order valence-corrected chi connectivity index (χ2v) is 10.2. The van der Waals surface area contributed by atoms with Crippen LogP contribution in [0.4, 0.5) is 9.59 Å². The third kappa shape index (κ3) is 6.10. The molecule has 4 aliphatic rings. The van der Waals surface area contributed by atoms with Gasteiger partial charge in [0.05, 0.1) is 30.5 Å². The van der Waals surface area contributed by atoms with Crippen LogP contribution >= 0.6 is 11.6 Å². The zero-order valence-corrected chi connectivity index (χ0v) is 21.3. The van der Waals surface area contributed by atoms with Crippen LogP contribution in [0.15, 0.2) is 11.6 Å². The fraction of sp³-hybridized carbons (Fsp3) is 0.792. The van der Waals surface area contributed by atoms with E-state index in [1.54, 1.807) is 12.0 Å². The first-order chi connectivity index (χ1) is 16.8. The molecule has 11 heteroatoms. The maximum Gasteiger partial charge on any atom is 0.413 e. The average Bonchev–Trinajstić information content (AvgIpc) is 3.73. The van der Waals surface area contributed by atoms with Crippen LogP contribution in [-0.4, -0.2) is 91.8 Å². The maximum atomic E-state index is 13.1. The molecule has 6 unspecified atom stereocenters. The zero-order valence-electron chi connectivity index (χ0n) is 20.5. The molecule has 1 spiro atoms. The van der Waals surface area contributed by atoms with E-state index in [9.17, 15) is 14.4 Å². The van der Waals surface area contributed by atoms with E-state index in [4.69, 9.17) is 35.3 Å². The van der Waals surface area contributed by atoms with Gasteiger partial charge in [-0.1, -0.05) is 11.6 Å². The molecule has 3 aliphatic heterocycles. The third-order valence-corrected chi connectivity index (χ3v) is 7.58. The number of likely N-dealkylation sites (tertiary alicyclic amines) is 1. The molecule has 0 aromatic heterocycles. The number of ether oxygens (including phenoxy) is 5. The van der Waals surface area contributed by atoms with Crippen molar-refractivity contribution in [3.63, 3.8) is 0 Å². The van der Waals surface area contributed by atoms with Crippen molar-refractivity contribution in [3.8, 4) is 0 Å². The fourth-order valence-corrected chi connectivity index (χ4v) is 5.47. The molecule has 3 saturated heterocycles. The number of methoxy groups -OCH3 is 1. The van der Waals surface area contributed by atoms with Crippen LogP contribution < -0.4 is 5.32 Å². The Labute approximate surface area is 210 Å². The Bertz CT molecular complexity index is 843. The summed E-state index contributed by atoms with van der Waals surface area (Å²) in [4.78, 5) is 37.7. The number of allylic oxidation sites excluding steroid dienone is 1. The van der Waals surface area contributed by atoms with E-state index in [0.717, 1.165) is 19.3 Å². The minimum Gasteiger partial charge on any atom is -0.447 e. The summed E-state index contributed by atoms with van der Waals surface area (Å²) in [5.41, 5.74) is 0.994. The lowest BCUT2D eigenvalue weighted by atomic mass is 9.73. The van der Waals surface area contributed by atoms with Crippen molar-refractivity contribution in [2.24, 2.45) is 5.92 Å². The number of nitrogens with one attached hydrogen (secondary N) is 1. The molecule has 1 aliphatic carbocycles. The molecule has 3 heterocycles. The summed E-state index contributed by atoms with van der Waals surface area (Å²) in [5.74, 6) is -0.985. The minimum absolute atomic E-state index is 0.00418. The highest BCUT2D eigenvalue weighted by atomic mass is 35.5. The SMILES string of the molecule is COC1C(OC(=O)N2CCC[C@H]2COC(=O)NC(=O)CCl)CCC2(CO2)C1C1OC1CC=C(C)C. The summed E-state index contributed by atoms with van der Waals surface area (Å²) >= 11 is 5.38. The maximum absolute atomic E-state index is 13.1. The number of carbonyl (C=O) groups excluding carboxylic acids is 3. The van der Waals surface area contributed by atoms with Gasteiger partial charge < -0.3 is 28.6 Å². The average molecular weight is 515 g/mol. The number of epoxide rings is 2. The molecular weight excluding hydrogens is 480 g/mol. The van der Waals surface area contributed by atoms with E-state index >= 15 is 0 Å².